The van der Waals surface area contributed by atoms with Crippen molar-refractivity contribution in [3.63, 3.8) is 0 Å². The molecule has 1 aliphatic rings. The normalized spacial score (nSPS) is 17.8. The monoisotopic (exact) mass is 316 g/mol. The van der Waals surface area contributed by atoms with Crippen molar-refractivity contribution in [3.8, 4) is 0 Å². The lowest BCUT2D eigenvalue weighted by molar-refractivity contribution is -0.130. The molecule has 0 aromatic heterocycles. The highest BCUT2D eigenvalue weighted by Crippen LogP contribution is 2.23. The van der Waals surface area contributed by atoms with E-state index in [-0.39, 0.29) is 23.8 Å². The summed E-state index contributed by atoms with van der Waals surface area (Å²) in [5.41, 5.74) is 2.51. The summed E-state index contributed by atoms with van der Waals surface area (Å²) in [5.74, 6) is -0.0573. The highest BCUT2D eigenvalue weighted by Gasteiger charge is 2.36. The summed E-state index contributed by atoms with van der Waals surface area (Å²) >= 11 is 0. The van der Waals surface area contributed by atoms with E-state index in [1.165, 1.54) is 11.1 Å². The molecule has 0 aliphatic carbocycles. The van der Waals surface area contributed by atoms with Crippen molar-refractivity contribution in [3.05, 3.63) is 35.4 Å². The number of hydrogen-bond donors (Lipinski definition) is 1. The summed E-state index contributed by atoms with van der Waals surface area (Å²) < 4.78 is 0. The van der Waals surface area contributed by atoms with E-state index >= 15 is 0 Å². The first-order valence-electron chi connectivity index (χ1n) is 8.68. The van der Waals surface area contributed by atoms with Gasteiger partial charge in [-0.05, 0) is 37.3 Å². The maximum Gasteiger partial charge on any atom is 0.225 e. The third-order valence-corrected chi connectivity index (χ3v) is 4.87. The van der Waals surface area contributed by atoms with Gasteiger partial charge in [-0.15, -0.1) is 0 Å². The van der Waals surface area contributed by atoms with Gasteiger partial charge in [-0.3, -0.25) is 9.59 Å². The topological polar surface area (TPSA) is 49.4 Å². The van der Waals surface area contributed by atoms with Crippen LogP contribution in [0.4, 0.5) is 0 Å². The Bertz CT molecular complexity index is 552. The number of amides is 2. The van der Waals surface area contributed by atoms with Gasteiger partial charge in [-0.2, -0.15) is 0 Å². The lowest BCUT2D eigenvalue weighted by atomic mass is 10.1. The maximum absolute atomic E-state index is 12.3. The molecule has 1 aliphatic heterocycles. The van der Waals surface area contributed by atoms with E-state index in [0.29, 0.717) is 19.5 Å². The number of nitrogens with one attached hydrogen (secondary N) is 1. The van der Waals surface area contributed by atoms with Gasteiger partial charge in [0.25, 0.3) is 0 Å². The van der Waals surface area contributed by atoms with E-state index < -0.39 is 0 Å². The number of hydrogen-bond acceptors (Lipinski definition) is 2. The minimum atomic E-state index is -0.194. The van der Waals surface area contributed by atoms with Gasteiger partial charge in [-0.1, -0.05) is 38.1 Å². The van der Waals surface area contributed by atoms with E-state index in [1.807, 2.05) is 17.0 Å². The molecule has 23 heavy (non-hydrogen) atoms. The lowest BCUT2D eigenvalue weighted by Gasteiger charge is -2.26. The molecule has 0 saturated carbocycles. The predicted octanol–water partition coefficient (Wildman–Crippen LogP) is 2.69. The molecule has 0 radical (unpaired) electrons. The van der Waals surface area contributed by atoms with E-state index in [0.717, 1.165) is 19.3 Å². The molecular weight excluding hydrogens is 288 g/mol. The second-order valence-electron chi connectivity index (χ2n) is 6.38. The Kier molecular flexibility index (Phi) is 6.20. The van der Waals surface area contributed by atoms with Crippen molar-refractivity contribution in [1.82, 2.24) is 10.2 Å². The number of carbonyl (C=O) groups is 2. The molecule has 2 amide bonds. The van der Waals surface area contributed by atoms with Crippen LogP contribution < -0.4 is 5.32 Å². The molecule has 1 heterocycles. The Morgan fingerprint density at radius 2 is 2.00 bits per heavy atom. The van der Waals surface area contributed by atoms with Crippen molar-refractivity contribution in [2.45, 2.75) is 52.5 Å². The van der Waals surface area contributed by atoms with Gasteiger partial charge < -0.3 is 10.2 Å². The van der Waals surface area contributed by atoms with E-state index in [2.05, 4.69) is 38.2 Å². The SMILES string of the molecule is CCC(CC)N1CC(C(=O)NCCc2ccccc2C)CC1=O. The first kappa shape index (κ1) is 17.5. The van der Waals surface area contributed by atoms with E-state index in [4.69, 9.17) is 0 Å². The molecule has 1 saturated heterocycles. The predicted molar refractivity (Wildman–Crippen MR) is 92.1 cm³/mol. The quantitative estimate of drug-likeness (QED) is 0.841. The number of rotatable bonds is 7. The zero-order valence-corrected chi connectivity index (χ0v) is 14.5. The molecular formula is C19H28N2O2. The summed E-state index contributed by atoms with van der Waals surface area (Å²) in [6.07, 6.45) is 3.08. The molecule has 1 N–H and O–H groups in total. The molecule has 1 atom stereocenters. The fraction of sp³-hybridized carbons (Fsp3) is 0.579. The van der Waals surface area contributed by atoms with Crippen LogP contribution in [0.5, 0.6) is 0 Å². The van der Waals surface area contributed by atoms with E-state index in [1.54, 1.807) is 0 Å². The van der Waals surface area contributed by atoms with Gasteiger partial charge in [0.1, 0.15) is 0 Å². The molecule has 2 rings (SSSR count). The number of carbonyl (C=O) groups excluding carboxylic acids is 2. The second kappa shape index (κ2) is 8.14. The fourth-order valence-corrected chi connectivity index (χ4v) is 3.34. The third kappa shape index (κ3) is 4.34. The van der Waals surface area contributed by atoms with Crippen LogP contribution in [0.3, 0.4) is 0 Å². The first-order chi connectivity index (χ1) is 11.1. The minimum Gasteiger partial charge on any atom is -0.355 e. The average molecular weight is 316 g/mol. The molecule has 1 aromatic carbocycles. The zero-order chi connectivity index (χ0) is 16.8. The largest absolute Gasteiger partial charge is 0.355 e. The number of likely N-dealkylation sites (tertiary alicyclic amines) is 1. The van der Waals surface area contributed by atoms with Gasteiger partial charge in [0.15, 0.2) is 0 Å². The Balaban J connectivity index is 1.83. The standard InChI is InChI=1S/C19H28N2O2/c1-4-17(5-2)21-13-16(12-18(21)22)19(23)20-11-10-15-9-7-6-8-14(15)3/h6-9,16-17H,4-5,10-13H2,1-3H3,(H,20,23). The number of benzene rings is 1. The smallest absolute Gasteiger partial charge is 0.225 e. The van der Waals surface area contributed by atoms with Crippen LogP contribution >= 0.6 is 0 Å². The molecule has 1 fully saturated rings. The average Bonchev–Trinajstić information content (AvgIpc) is 2.92. The van der Waals surface area contributed by atoms with Gasteiger partial charge in [0.05, 0.1) is 5.92 Å². The summed E-state index contributed by atoms with van der Waals surface area (Å²) in [4.78, 5) is 26.3. The Hall–Kier alpha value is -1.84. The van der Waals surface area contributed by atoms with Crippen molar-refractivity contribution in [2.24, 2.45) is 5.92 Å². The van der Waals surface area contributed by atoms with E-state index in [9.17, 15) is 9.59 Å². The van der Waals surface area contributed by atoms with Crippen LogP contribution in [-0.4, -0.2) is 35.8 Å². The van der Waals surface area contributed by atoms with Gasteiger partial charge in [0, 0.05) is 25.6 Å². The summed E-state index contributed by atoms with van der Waals surface area (Å²) in [5, 5.41) is 3.00. The first-order valence-corrected chi connectivity index (χ1v) is 8.68. The number of aryl methyl sites for hydroxylation is 1. The van der Waals surface area contributed by atoms with Gasteiger partial charge in [0.2, 0.25) is 11.8 Å². The van der Waals surface area contributed by atoms with Crippen molar-refractivity contribution in [2.75, 3.05) is 13.1 Å². The van der Waals surface area contributed by atoms with Gasteiger partial charge >= 0.3 is 0 Å². The molecule has 126 valence electrons. The maximum atomic E-state index is 12.3. The summed E-state index contributed by atoms with van der Waals surface area (Å²) in [6.45, 7) is 7.47. The highest BCUT2D eigenvalue weighted by atomic mass is 16.2. The van der Waals surface area contributed by atoms with Crippen LogP contribution in [0.15, 0.2) is 24.3 Å². The third-order valence-electron chi connectivity index (χ3n) is 4.87. The lowest BCUT2D eigenvalue weighted by Crippen LogP contribution is -2.38. The summed E-state index contributed by atoms with van der Waals surface area (Å²) in [7, 11) is 0. The van der Waals surface area contributed by atoms with Crippen molar-refractivity contribution < 1.29 is 9.59 Å². The molecule has 0 bridgehead atoms. The molecule has 1 aromatic rings. The van der Waals surface area contributed by atoms with Crippen LogP contribution in [0, 0.1) is 12.8 Å². The van der Waals surface area contributed by atoms with Crippen LogP contribution in [0.25, 0.3) is 0 Å². The Labute approximate surface area is 139 Å². The Morgan fingerprint density at radius 1 is 1.30 bits per heavy atom. The summed E-state index contributed by atoms with van der Waals surface area (Å²) in [6, 6.07) is 8.49. The Morgan fingerprint density at radius 3 is 2.65 bits per heavy atom. The van der Waals surface area contributed by atoms with Crippen LogP contribution in [0.1, 0.15) is 44.2 Å². The fourth-order valence-electron chi connectivity index (χ4n) is 3.34. The number of nitrogens with zero attached hydrogens (tertiary/aromatic N) is 1. The van der Waals surface area contributed by atoms with Crippen LogP contribution in [0.2, 0.25) is 0 Å². The highest BCUT2D eigenvalue weighted by molar-refractivity contribution is 5.89. The zero-order valence-electron chi connectivity index (χ0n) is 14.5. The minimum absolute atomic E-state index is 0.0143. The van der Waals surface area contributed by atoms with Gasteiger partial charge in [-0.25, -0.2) is 0 Å². The molecule has 0 spiro atoms. The van der Waals surface area contributed by atoms with Crippen molar-refractivity contribution in [1.29, 1.82) is 0 Å². The molecule has 4 nitrogen and oxygen atoms in total. The second-order valence-corrected chi connectivity index (χ2v) is 6.38. The van der Waals surface area contributed by atoms with Crippen LogP contribution in [-0.2, 0) is 16.0 Å². The molecule has 1 unspecified atom stereocenters. The van der Waals surface area contributed by atoms with Crippen molar-refractivity contribution >= 4 is 11.8 Å². The molecule has 4 heteroatoms.